The smallest absolute Gasteiger partial charge is 0.219 e. The van der Waals surface area contributed by atoms with Crippen molar-refractivity contribution in [3.8, 4) is 11.6 Å². The highest BCUT2D eigenvalue weighted by Crippen LogP contribution is 2.22. The van der Waals surface area contributed by atoms with Crippen molar-refractivity contribution in [2.45, 2.75) is 6.42 Å². The lowest BCUT2D eigenvalue weighted by Gasteiger charge is -2.14. The lowest BCUT2D eigenvalue weighted by Crippen LogP contribution is -2.24. The first-order valence-corrected chi connectivity index (χ1v) is 7.06. The molecule has 2 aromatic rings. The highest BCUT2D eigenvalue weighted by molar-refractivity contribution is 6.30. The van der Waals surface area contributed by atoms with Crippen molar-refractivity contribution in [2.75, 3.05) is 6.54 Å². The predicted molar refractivity (Wildman–Crippen MR) is 83.9 cm³/mol. The summed E-state index contributed by atoms with van der Waals surface area (Å²) < 4.78 is 5.61. The van der Waals surface area contributed by atoms with Gasteiger partial charge in [0.15, 0.2) is 5.84 Å². The van der Waals surface area contributed by atoms with Crippen LogP contribution in [0.4, 0.5) is 0 Å². The summed E-state index contributed by atoms with van der Waals surface area (Å²) in [6, 6.07) is 10.5. The van der Waals surface area contributed by atoms with Crippen molar-refractivity contribution in [1.82, 2.24) is 9.99 Å². The van der Waals surface area contributed by atoms with E-state index >= 15 is 0 Å². The predicted octanol–water partition coefficient (Wildman–Crippen LogP) is 3.35. The third kappa shape index (κ3) is 3.17. The van der Waals surface area contributed by atoms with Crippen LogP contribution in [0.3, 0.4) is 0 Å². The summed E-state index contributed by atoms with van der Waals surface area (Å²) >= 11 is 5.82. The Morgan fingerprint density at radius 2 is 2.05 bits per heavy atom. The van der Waals surface area contributed by atoms with Gasteiger partial charge in [-0.2, -0.15) is 5.10 Å². The third-order valence-corrected chi connectivity index (χ3v) is 3.31. The molecule has 112 valence electrons. The number of pyridine rings is 1. The van der Waals surface area contributed by atoms with Gasteiger partial charge >= 0.3 is 0 Å². The molecule has 0 aliphatic carbocycles. The standard InChI is InChI=1S/C15H13ClN4O2/c16-12-3-5-13(6-4-12)22-14-7-2-11(10-17-14)15(19-21)20-9-1-8-18-20/h2-8,10,21H,1,9H2/b19-15-. The van der Waals surface area contributed by atoms with Gasteiger partial charge in [-0.1, -0.05) is 16.8 Å². The average molecular weight is 317 g/mol. The van der Waals surface area contributed by atoms with Crippen LogP contribution in [0.1, 0.15) is 12.0 Å². The number of ether oxygens (including phenoxy) is 1. The maximum absolute atomic E-state index is 9.17. The number of amidine groups is 1. The number of halogens is 1. The highest BCUT2D eigenvalue weighted by atomic mass is 35.5. The van der Waals surface area contributed by atoms with Crippen molar-refractivity contribution < 1.29 is 9.94 Å². The molecule has 1 aliphatic rings. The summed E-state index contributed by atoms with van der Waals surface area (Å²) in [5.74, 6) is 1.44. The first kappa shape index (κ1) is 14.3. The number of rotatable bonds is 3. The van der Waals surface area contributed by atoms with E-state index in [1.165, 1.54) is 0 Å². The van der Waals surface area contributed by atoms with E-state index in [4.69, 9.17) is 16.3 Å². The van der Waals surface area contributed by atoms with Gasteiger partial charge in [-0.3, -0.25) is 0 Å². The Morgan fingerprint density at radius 1 is 1.23 bits per heavy atom. The van der Waals surface area contributed by atoms with Gasteiger partial charge in [0.25, 0.3) is 0 Å². The number of hydrogen-bond acceptors (Lipinski definition) is 5. The minimum atomic E-state index is 0.360. The van der Waals surface area contributed by atoms with Crippen LogP contribution in [0.2, 0.25) is 5.02 Å². The van der Waals surface area contributed by atoms with Gasteiger partial charge in [0.1, 0.15) is 5.75 Å². The van der Waals surface area contributed by atoms with Crippen LogP contribution in [0.25, 0.3) is 0 Å². The molecule has 1 N–H and O–H groups in total. The van der Waals surface area contributed by atoms with Crippen molar-refractivity contribution in [3.05, 3.63) is 53.2 Å². The number of hydrazone groups is 1. The number of nitrogens with zero attached hydrogens (tertiary/aromatic N) is 4. The molecule has 0 unspecified atom stereocenters. The molecule has 3 rings (SSSR count). The topological polar surface area (TPSA) is 70.3 Å². The normalized spacial score (nSPS) is 14.4. The average Bonchev–Trinajstić information content (AvgIpc) is 3.06. The molecular formula is C15H13ClN4O2. The van der Waals surface area contributed by atoms with E-state index in [2.05, 4.69) is 15.2 Å². The van der Waals surface area contributed by atoms with E-state index in [1.54, 1.807) is 53.8 Å². The second-order valence-electron chi connectivity index (χ2n) is 4.57. The number of aromatic nitrogens is 1. The summed E-state index contributed by atoms with van der Waals surface area (Å²) in [4.78, 5) is 4.21. The highest BCUT2D eigenvalue weighted by Gasteiger charge is 2.16. The minimum absolute atomic E-state index is 0.360. The van der Waals surface area contributed by atoms with Crippen molar-refractivity contribution in [1.29, 1.82) is 0 Å². The van der Waals surface area contributed by atoms with Crippen molar-refractivity contribution >= 4 is 23.7 Å². The third-order valence-electron chi connectivity index (χ3n) is 3.06. The van der Waals surface area contributed by atoms with Crippen LogP contribution in [0.5, 0.6) is 11.6 Å². The second-order valence-corrected chi connectivity index (χ2v) is 5.01. The first-order chi connectivity index (χ1) is 10.8. The minimum Gasteiger partial charge on any atom is -0.439 e. The molecule has 0 saturated carbocycles. The monoisotopic (exact) mass is 316 g/mol. The zero-order valence-electron chi connectivity index (χ0n) is 11.6. The Bertz CT molecular complexity index is 698. The molecule has 2 heterocycles. The van der Waals surface area contributed by atoms with Gasteiger partial charge in [0.2, 0.25) is 5.88 Å². The molecule has 0 amide bonds. The summed E-state index contributed by atoms with van der Waals surface area (Å²) in [5, 5.41) is 18.9. The quantitative estimate of drug-likeness (QED) is 0.408. The zero-order chi connectivity index (χ0) is 15.4. The van der Waals surface area contributed by atoms with E-state index < -0.39 is 0 Å². The van der Waals surface area contributed by atoms with E-state index in [0.717, 1.165) is 6.42 Å². The Morgan fingerprint density at radius 3 is 2.64 bits per heavy atom. The molecule has 1 aromatic heterocycles. The Labute approximate surface area is 132 Å². The molecule has 0 atom stereocenters. The fourth-order valence-electron chi connectivity index (χ4n) is 2.01. The molecule has 0 radical (unpaired) electrons. The lowest BCUT2D eigenvalue weighted by atomic mass is 10.2. The maximum atomic E-state index is 9.17. The van der Waals surface area contributed by atoms with Gasteiger partial charge in [0, 0.05) is 42.0 Å². The molecular weight excluding hydrogens is 304 g/mol. The fraction of sp³-hybridized carbons (Fsp3) is 0.133. The van der Waals surface area contributed by atoms with Gasteiger partial charge in [-0.25, -0.2) is 9.99 Å². The van der Waals surface area contributed by atoms with Crippen LogP contribution in [0.15, 0.2) is 52.9 Å². The van der Waals surface area contributed by atoms with E-state index in [1.807, 2.05) is 0 Å². The molecule has 1 aromatic carbocycles. The number of benzene rings is 1. The molecule has 1 aliphatic heterocycles. The number of oxime groups is 1. The SMILES string of the molecule is O/N=C(/c1ccc(Oc2ccc(Cl)cc2)nc1)N1CCC=N1. The summed E-state index contributed by atoms with van der Waals surface area (Å²) in [6.45, 7) is 0.683. The summed E-state index contributed by atoms with van der Waals surface area (Å²) in [6.07, 6.45) is 4.18. The summed E-state index contributed by atoms with van der Waals surface area (Å²) in [5.41, 5.74) is 0.657. The van der Waals surface area contributed by atoms with E-state index in [-0.39, 0.29) is 0 Å². The van der Waals surface area contributed by atoms with Gasteiger partial charge in [-0.05, 0) is 30.3 Å². The second kappa shape index (κ2) is 6.44. The Balaban J connectivity index is 1.74. The zero-order valence-corrected chi connectivity index (χ0v) is 12.3. The molecule has 6 nitrogen and oxygen atoms in total. The van der Waals surface area contributed by atoms with Crippen LogP contribution < -0.4 is 4.74 Å². The van der Waals surface area contributed by atoms with Crippen LogP contribution >= 0.6 is 11.6 Å². The molecule has 0 bridgehead atoms. The van der Waals surface area contributed by atoms with E-state index in [9.17, 15) is 5.21 Å². The Hall–Kier alpha value is -2.60. The molecule has 0 saturated heterocycles. The summed E-state index contributed by atoms with van der Waals surface area (Å²) in [7, 11) is 0. The molecule has 22 heavy (non-hydrogen) atoms. The molecule has 0 spiro atoms. The van der Waals surface area contributed by atoms with Crippen LogP contribution in [-0.4, -0.2) is 33.8 Å². The lowest BCUT2D eigenvalue weighted by molar-refractivity contribution is 0.305. The van der Waals surface area contributed by atoms with Crippen LogP contribution in [0, 0.1) is 0 Å². The van der Waals surface area contributed by atoms with Crippen molar-refractivity contribution in [2.24, 2.45) is 10.3 Å². The van der Waals surface area contributed by atoms with Gasteiger partial charge in [0.05, 0.1) is 0 Å². The van der Waals surface area contributed by atoms with Crippen LogP contribution in [-0.2, 0) is 0 Å². The maximum Gasteiger partial charge on any atom is 0.219 e. The largest absolute Gasteiger partial charge is 0.439 e. The fourth-order valence-corrected chi connectivity index (χ4v) is 2.14. The molecule has 0 fully saturated rings. The molecule has 7 heteroatoms. The van der Waals surface area contributed by atoms with Gasteiger partial charge < -0.3 is 9.94 Å². The van der Waals surface area contributed by atoms with Crippen molar-refractivity contribution in [3.63, 3.8) is 0 Å². The van der Waals surface area contributed by atoms with Gasteiger partial charge in [-0.15, -0.1) is 0 Å². The number of hydrogen-bond donors (Lipinski definition) is 1. The van der Waals surface area contributed by atoms with E-state index in [0.29, 0.717) is 34.6 Å². The Kier molecular flexibility index (Phi) is 4.20. The first-order valence-electron chi connectivity index (χ1n) is 6.68.